The first-order valence-electron chi connectivity index (χ1n) is 8.10. The molecule has 0 N–H and O–H groups in total. The minimum atomic E-state index is -0.841. The van der Waals surface area contributed by atoms with Gasteiger partial charge in [0.25, 0.3) is 5.91 Å². The number of para-hydroxylation sites is 1. The van der Waals surface area contributed by atoms with Gasteiger partial charge < -0.3 is 9.64 Å². The monoisotopic (exact) mass is 353 g/mol. The number of amides is 1. The Morgan fingerprint density at radius 2 is 1.54 bits per heavy atom. The lowest BCUT2D eigenvalue weighted by Crippen LogP contribution is -2.34. The van der Waals surface area contributed by atoms with E-state index < -0.39 is 11.6 Å². The van der Waals surface area contributed by atoms with Crippen molar-refractivity contribution in [1.29, 1.82) is 0 Å². The van der Waals surface area contributed by atoms with Crippen LogP contribution < -0.4 is 9.64 Å². The van der Waals surface area contributed by atoms with Crippen LogP contribution in [0.5, 0.6) is 5.75 Å². The maximum atomic E-state index is 13.7. The molecule has 0 aliphatic heterocycles. The number of anilines is 1. The summed E-state index contributed by atoms with van der Waals surface area (Å²) in [5.41, 5.74) is 1.67. The topological polar surface area (TPSA) is 29.5 Å². The van der Waals surface area contributed by atoms with Crippen LogP contribution in [0.3, 0.4) is 0 Å². The van der Waals surface area contributed by atoms with Crippen LogP contribution >= 0.6 is 0 Å². The molecule has 0 aromatic heterocycles. The second-order valence-corrected chi connectivity index (χ2v) is 5.66. The number of rotatable bonds is 6. The molecule has 3 rings (SSSR count). The van der Waals surface area contributed by atoms with Crippen LogP contribution in [0.2, 0.25) is 0 Å². The number of halogens is 2. The molecule has 1 amide bonds. The van der Waals surface area contributed by atoms with Crippen LogP contribution in [0.1, 0.15) is 5.56 Å². The molecule has 0 unspecified atom stereocenters. The summed E-state index contributed by atoms with van der Waals surface area (Å²) in [6.45, 7) is 0.00320. The molecule has 0 aliphatic rings. The molecule has 3 nitrogen and oxygen atoms in total. The zero-order valence-electron chi connectivity index (χ0n) is 13.9. The summed E-state index contributed by atoms with van der Waals surface area (Å²) in [5, 5.41) is 0. The number of carbonyl (C=O) groups is 1. The molecule has 26 heavy (non-hydrogen) atoms. The summed E-state index contributed by atoms with van der Waals surface area (Å²) < 4.78 is 31.9. The minimum absolute atomic E-state index is 0.160. The normalized spacial score (nSPS) is 10.4. The first-order valence-corrected chi connectivity index (χ1v) is 8.10. The molecule has 3 aromatic carbocycles. The standard InChI is InChI=1S/C21H17F2NO2/c22-17-11-12-20(19(23)13-17)26-15-21(25)24(18-9-5-2-6-10-18)14-16-7-3-1-4-8-16/h1-13H,14-15H2. The third-order valence-corrected chi connectivity index (χ3v) is 3.80. The van der Waals surface area contributed by atoms with Crippen molar-refractivity contribution >= 4 is 11.6 Å². The molecule has 0 fully saturated rings. The van der Waals surface area contributed by atoms with Gasteiger partial charge in [0, 0.05) is 11.8 Å². The molecule has 3 aromatic rings. The molecule has 0 spiro atoms. The minimum Gasteiger partial charge on any atom is -0.481 e. The lowest BCUT2D eigenvalue weighted by atomic mass is 10.2. The van der Waals surface area contributed by atoms with Gasteiger partial charge in [0.15, 0.2) is 18.2 Å². The van der Waals surface area contributed by atoms with E-state index in [1.165, 1.54) is 6.07 Å². The van der Waals surface area contributed by atoms with Crippen molar-refractivity contribution in [3.63, 3.8) is 0 Å². The molecule has 0 atom stereocenters. The van der Waals surface area contributed by atoms with Crippen LogP contribution in [0, 0.1) is 11.6 Å². The Balaban J connectivity index is 1.76. The van der Waals surface area contributed by atoms with Gasteiger partial charge in [-0.1, -0.05) is 48.5 Å². The molecule has 0 radical (unpaired) electrons. The third kappa shape index (κ3) is 4.45. The highest BCUT2D eigenvalue weighted by Gasteiger charge is 2.17. The Morgan fingerprint density at radius 3 is 2.19 bits per heavy atom. The zero-order valence-corrected chi connectivity index (χ0v) is 13.9. The number of hydrogen-bond donors (Lipinski definition) is 0. The van der Waals surface area contributed by atoms with Crippen LogP contribution in [0.15, 0.2) is 78.9 Å². The number of hydrogen-bond acceptors (Lipinski definition) is 2. The third-order valence-electron chi connectivity index (χ3n) is 3.80. The quantitative estimate of drug-likeness (QED) is 0.649. The van der Waals surface area contributed by atoms with Crippen LogP contribution in [0.25, 0.3) is 0 Å². The van der Waals surface area contributed by atoms with E-state index in [9.17, 15) is 13.6 Å². The average Bonchev–Trinajstić information content (AvgIpc) is 2.67. The molecule has 0 heterocycles. The van der Waals surface area contributed by atoms with Crippen molar-refractivity contribution in [2.45, 2.75) is 6.54 Å². The van der Waals surface area contributed by atoms with Crippen molar-refractivity contribution in [2.75, 3.05) is 11.5 Å². The summed E-state index contributed by atoms with van der Waals surface area (Å²) in [5.74, 6) is -2.03. The highest BCUT2D eigenvalue weighted by molar-refractivity contribution is 5.94. The molecule has 0 bridgehead atoms. The predicted octanol–water partition coefficient (Wildman–Crippen LogP) is 4.58. The lowest BCUT2D eigenvalue weighted by Gasteiger charge is -2.23. The van der Waals surface area contributed by atoms with E-state index in [1.807, 2.05) is 60.7 Å². The molecular weight excluding hydrogens is 336 g/mol. The number of ether oxygens (including phenoxy) is 1. The van der Waals surface area contributed by atoms with Gasteiger partial charge in [-0.3, -0.25) is 4.79 Å². The fourth-order valence-electron chi connectivity index (χ4n) is 2.51. The van der Waals surface area contributed by atoms with Gasteiger partial charge in [0.1, 0.15) is 5.82 Å². The summed E-state index contributed by atoms with van der Waals surface area (Å²) in [6.07, 6.45) is 0. The average molecular weight is 353 g/mol. The van der Waals surface area contributed by atoms with E-state index in [-0.39, 0.29) is 18.3 Å². The Kier molecular flexibility index (Phi) is 5.59. The summed E-state index contributed by atoms with van der Waals surface area (Å²) in [4.78, 5) is 14.3. The van der Waals surface area contributed by atoms with Gasteiger partial charge in [-0.05, 0) is 29.8 Å². The fourth-order valence-corrected chi connectivity index (χ4v) is 2.51. The van der Waals surface area contributed by atoms with Gasteiger partial charge in [-0.2, -0.15) is 0 Å². The van der Waals surface area contributed by atoms with Gasteiger partial charge in [-0.15, -0.1) is 0 Å². The number of benzene rings is 3. The highest BCUT2D eigenvalue weighted by Crippen LogP contribution is 2.20. The van der Waals surface area contributed by atoms with Gasteiger partial charge in [0.05, 0.1) is 6.54 Å². The van der Waals surface area contributed by atoms with E-state index >= 15 is 0 Å². The molecule has 0 saturated carbocycles. The molecule has 0 saturated heterocycles. The molecule has 5 heteroatoms. The van der Waals surface area contributed by atoms with Crippen molar-refractivity contribution in [1.82, 2.24) is 0 Å². The van der Waals surface area contributed by atoms with E-state index in [0.29, 0.717) is 12.2 Å². The van der Waals surface area contributed by atoms with Crippen molar-refractivity contribution in [3.05, 3.63) is 96.1 Å². The van der Waals surface area contributed by atoms with E-state index in [1.54, 1.807) is 4.90 Å². The molecule has 132 valence electrons. The fraction of sp³-hybridized carbons (Fsp3) is 0.0952. The lowest BCUT2D eigenvalue weighted by molar-refractivity contribution is -0.120. The van der Waals surface area contributed by atoms with E-state index in [0.717, 1.165) is 17.7 Å². The summed E-state index contributed by atoms with van der Waals surface area (Å²) >= 11 is 0. The van der Waals surface area contributed by atoms with E-state index in [2.05, 4.69) is 0 Å². The maximum absolute atomic E-state index is 13.7. The molecular formula is C21H17F2NO2. The van der Waals surface area contributed by atoms with Crippen LogP contribution in [-0.4, -0.2) is 12.5 Å². The number of nitrogens with zero attached hydrogens (tertiary/aromatic N) is 1. The van der Waals surface area contributed by atoms with E-state index in [4.69, 9.17) is 4.74 Å². The summed E-state index contributed by atoms with van der Waals surface area (Å²) in [6, 6.07) is 21.7. The van der Waals surface area contributed by atoms with Crippen LogP contribution in [-0.2, 0) is 11.3 Å². The van der Waals surface area contributed by atoms with Crippen LogP contribution in [0.4, 0.5) is 14.5 Å². The molecule has 0 aliphatic carbocycles. The Hall–Kier alpha value is -3.21. The first-order chi connectivity index (χ1) is 12.6. The first kappa shape index (κ1) is 17.6. The van der Waals surface area contributed by atoms with Gasteiger partial charge >= 0.3 is 0 Å². The highest BCUT2D eigenvalue weighted by atomic mass is 19.1. The Labute approximate surface area is 150 Å². The second-order valence-electron chi connectivity index (χ2n) is 5.66. The Bertz CT molecular complexity index is 870. The number of carbonyl (C=O) groups excluding carboxylic acids is 1. The smallest absolute Gasteiger partial charge is 0.265 e. The Morgan fingerprint density at radius 1 is 0.885 bits per heavy atom. The SMILES string of the molecule is O=C(COc1ccc(F)cc1F)N(Cc1ccccc1)c1ccccc1. The van der Waals surface area contributed by atoms with Gasteiger partial charge in [0.2, 0.25) is 0 Å². The predicted molar refractivity (Wildman–Crippen MR) is 95.9 cm³/mol. The van der Waals surface area contributed by atoms with Crippen molar-refractivity contribution < 1.29 is 18.3 Å². The summed E-state index contributed by atoms with van der Waals surface area (Å²) in [7, 11) is 0. The van der Waals surface area contributed by atoms with Crippen molar-refractivity contribution in [3.8, 4) is 5.75 Å². The van der Waals surface area contributed by atoms with Gasteiger partial charge in [-0.25, -0.2) is 8.78 Å². The van der Waals surface area contributed by atoms with Crippen molar-refractivity contribution in [2.24, 2.45) is 0 Å². The zero-order chi connectivity index (χ0) is 18.4. The second kappa shape index (κ2) is 8.25. The maximum Gasteiger partial charge on any atom is 0.265 e. The largest absolute Gasteiger partial charge is 0.481 e.